The molecule has 0 saturated heterocycles. The summed E-state index contributed by atoms with van der Waals surface area (Å²) in [5, 5.41) is 8.18. The fourth-order valence-electron chi connectivity index (χ4n) is 1.21. The van der Waals surface area contributed by atoms with Gasteiger partial charge in [-0.25, -0.2) is 4.79 Å². The molecule has 0 aliphatic carbocycles. The molecule has 0 aromatic rings. The lowest BCUT2D eigenvalue weighted by molar-refractivity contribution is -0.0242. The standard InChI is InChI=1S/C8H15ClO3/c1-4-8(5-2,6(3)9)12-7(10)11/h6H,4-5H2,1-3H3,(H,10,11). The van der Waals surface area contributed by atoms with E-state index in [4.69, 9.17) is 21.4 Å². The number of ether oxygens (including phenoxy) is 1. The average molecular weight is 195 g/mol. The summed E-state index contributed by atoms with van der Waals surface area (Å²) in [6, 6.07) is 0. The van der Waals surface area contributed by atoms with Gasteiger partial charge in [0.25, 0.3) is 0 Å². The van der Waals surface area contributed by atoms with E-state index >= 15 is 0 Å². The van der Waals surface area contributed by atoms with E-state index in [1.165, 1.54) is 0 Å². The Balaban J connectivity index is 4.46. The fraction of sp³-hybridized carbons (Fsp3) is 0.875. The summed E-state index contributed by atoms with van der Waals surface area (Å²) in [5.41, 5.74) is -0.729. The maximum atomic E-state index is 10.4. The van der Waals surface area contributed by atoms with E-state index in [9.17, 15) is 4.79 Å². The lowest BCUT2D eigenvalue weighted by Gasteiger charge is -2.32. The second-order valence-electron chi connectivity index (χ2n) is 2.76. The highest BCUT2D eigenvalue weighted by molar-refractivity contribution is 6.21. The molecule has 0 heterocycles. The van der Waals surface area contributed by atoms with Crippen molar-refractivity contribution < 1.29 is 14.6 Å². The van der Waals surface area contributed by atoms with Gasteiger partial charge in [-0.3, -0.25) is 0 Å². The van der Waals surface area contributed by atoms with Gasteiger partial charge in [-0.15, -0.1) is 11.6 Å². The van der Waals surface area contributed by atoms with Crippen molar-refractivity contribution >= 4 is 17.8 Å². The second-order valence-corrected chi connectivity index (χ2v) is 3.41. The molecule has 0 fully saturated rings. The van der Waals surface area contributed by atoms with Crippen LogP contribution in [-0.4, -0.2) is 22.2 Å². The van der Waals surface area contributed by atoms with Gasteiger partial charge in [0.2, 0.25) is 0 Å². The van der Waals surface area contributed by atoms with Crippen molar-refractivity contribution in [2.24, 2.45) is 0 Å². The molecule has 0 bridgehead atoms. The Bertz CT molecular complexity index is 152. The summed E-state index contributed by atoms with van der Waals surface area (Å²) >= 11 is 5.86. The lowest BCUT2D eigenvalue weighted by Crippen LogP contribution is -2.40. The largest absolute Gasteiger partial charge is 0.506 e. The summed E-state index contributed by atoms with van der Waals surface area (Å²) in [5.74, 6) is 0. The monoisotopic (exact) mass is 194 g/mol. The Morgan fingerprint density at radius 3 is 2.08 bits per heavy atom. The predicted molar refractivity (Wildman–Crippen MR) is 47.7 cm³/mol. The first-order valence-corrected chi connectivity index (χ1v) is 4.48. The maximum absolute atomic E-state index is 10.4. The van der Waals surface area contributed by atoms with Crippen molar-refractivity contribution in [2.75, 3.05) is 0 Å². The third-order valence-corrected chi connectivity index (χ3v) is 2.61. The highest BCUT2D eigenvalue weighted by Gasteiger charge is 2.35. The average Bonchev–Trinajstić information content (AvgIpc) is 1.99. The molecule has 0 radical (unpaired) electrons. The molecule has 0 spiro atoms. The Kier molecular flexibility index (Phi) is 4.39. The van der Waals surface area contributed by atoms with Crippen LogP contribution < -0.4 is 0 Å². The van der Waals surface area contributed by atoms with Crippen LogP contribution in [0.15, 0.2) is 0 Å². The number of alkyl halides is 1. The summed E-state index contributed by atoms with van der Waals surface area (Å²) < 4.78 is 4.78. The zero-order valence-electron chi connectivity index (χ0n) is 7.63. The number of carbonyl (C=O) groups is 1. The molecule has 0 aromatic heterocycles. The van der Waals surface area contributed by atoms with Crippen molar-refractivity contribution in [2.45, 2.75) is 44.6 Å². The fourth-order valence-corrected chi connectivity index (χ4v) is 1.57. The number of hydrogen-bond acceptors (Lipinski definition) is 2. The number of hydrogen-bond donors (Lipinski definition) is 1. The van der Waals surface area contributed by atoms with Gasteiger partial charge in [0.05, 0.1) is 5.38 Å². The Labute approximate surface area is 77.7 Å². The van der Waals surface area contributed by atoms with Crippen molar-refractivity contribution in [3.05, 3.63) is 0 Å². The molecule has 4 heteroatoms. The molecule has 0 aliphatic heterocycles. The van der Waals surface area contributed by atoms with Gasteiger partial charge >= 0.3 is 6.16 Å². The first-order chi connectivity index (χ1) is 5.48. The molecule has 3 nitrogen and oxygen atoms in total. The molecule has 0 aromatic carbocycles. The van der Waals surface area contributed by atoms with Crippen LogP contribution in [0, 0.1) is 0 Å². The summed E-state index contributed by atoms with van der Waals surface area (Å²) in [6.45, 7) is 5.48. The first kappa shape index (κ1) is 11.6. The highest BCUT2D eigenvalue weighted by Crippen LogP contribution is 2.28. The van der Waals surface area contributed by atoms with Gasteiger partial charge in [0.15, 0.2) is 0 Å². The van der Waals surface area contributed by atoms with E-state index in [1.54, 1.807) is 6.92 Å². The Morgan fingerprint density at radius 1 is 1.58 bits per heavy atom. The van der Waals surface area contributed by atoms with Crippen LogP contribution >= 0.6 is 11.6 Å². The van der Waals surface area contributed by atoms with Crippen LogP contribution in [0.4, 0.5) is 4.79 Å². The van der Waals surface area contributed by atoms with Crippen LogP contribution in [-0.2, 0) is 4.74 Å². The highest BCUT2D eigenvalue weighted by atomic mass is 35.5. The quantitative estimate of drug-likeness (QED) is 0.553. The minimum Gasteiger partial charge on any atom is -0.450 e. The van der Waals surface area contributed by atoms with Crippen LogP contribution in [0.1, 0.15) is 33.6 Å². The molecule has 12 heavy (non-hydrogen) atoms. The second kappa shape index (κ2) is 4.55. The molecule has 1 atom stereocenters. The van der Waals surface area contributed by atoms with Gasteiger partial charge in [-0.2, -0.15) is 0 Å². The third kappa shape index (κ3) is 2.55. The van der Waals surface area contributed by atoms with Gasteiger partial charge < -0.3 is 9.84 Å². The van der Waals surface area contributed by atoms with Crippen LogP contribution in [0.5, 0.6) is 0 Å². The molecule has 0 aliphatic rings. The van der Waals surface area contributed by atoms with E-state index in [-0.39, 0.29) is 5.38 Å². The zero-order chi connectivity index (χ0) is 9.78. The minimum absolute atomic E-state index is 0.302. The van der Waals surface area contributed by atoms with Crippen molar-refractivity contribution in [1.29, 1.82) is 0 Å². The van der Waals surface area contributed by atoms with E-state index < -0.39 is 11.8 Å². The van der Waals surface area contributed by atoms with Gasteiger partial charge in [-0.1, -0.05) is 13.8 Å². The zero-order valence-corrected chi connectivity index (χ0v) is 8.39. The van der Waals surface area contributed by atoms with Crippen LogP contribution in [0.3, 0.4) is 0 Å². The first-order valence-electron chi connectivity index (χ1n) is 4.04. The molecule has 72 valence electrons. The lowest BCUT2D eigenvalue weighted by atomic mass is 9.94. The van der Waals surface area contributed by atoms with E-state index in [0.29, 0.717) is 12.8 Å². The molecular formula is C8H15ClO3. The molecular weight excluding hydrogens is 180 g/mol. The summed E-state index contributed by atoms with van der Waals surface area (Å²) in [6.07, 6.45) is -0.0628. The molecule has 1 N–H and O–H groups in total. The Morgan fingerprint density at radius 2 is 2.00 bits per heavy atom. The number of rotatable bonds is 4. The smallest absolute Gasteiger partial charge is 0.450 e. The molecule has 0 rings (SSSR count). The van der Waals surface area contributed by atoms with Crippen LogP contribution in [0.2, 0.25) is 0 Å². The van der Waals surface area contributed by atoms with Crippen molar-refractivity contribution in [1.82, 2.24) is 0 Å². The minimum atomic E-state index is -1.26. The van der Waals surface area contributed by atoms with E-state index in [1.807, 2.05) is 13.8 Å². The number of halogens is 1. The van der Waals surface area contributed by atoms with E-state index in [0.717, 1.165) is 0 Å². The molecule has 0 amide bonds. The topological polar surface area (TPSA) is 46.5 Å². The summed E-state index contributed by atoms with van der Waals surface area (Å²) in [7, 11) is 0. The van der Waals surface area contributed by atoms with Crippen LogP contribution in [0.25, 0.3) is 0 Å². The van der Waals surface area contributed by atoms with Gasteiger partial charge in [0, 0.05) is 0 Å². The van der Waals surface area contributed by atoms with E-state index in [2.05, 4.69) is 0 Å². The predicted octanol–water partition coefficient (Wildman–Crippen LogP) is 2.87. The van der Waals surface area contributed by atoms with Gasteiger partial charge in [0.1, 0.15) is 5.60 Å². The summed E-state index contributed by atoms with van der Waals surface area (Å²) in [4.78, 5) is 10.4. The molecule has 1 unspecified atom stereocenters. The van der Waals surface area contributed by atoms with Gasteiger partial charge in [-0.05, 0) is 19.8 Å². The third-order valence-electron chi connectivity index (χ3n) is 2.21. The van der Waals surface area contributed by atoms with Crippen molar-refractivity contribution in [3.63, 3.8) is 0 Å². The SMILES string of the molecule is CCC(CC)(OC(=O)O)C(C)Cl. The van der Waals surface area contributed by atoms with Crippen molar-refractivity contribution in [3.8, 4) is 0 Å². The molecule has 0 saturated carbocycles. The normalized spacial score (nSPS) is 14.0. The number of carboxylic acid groups (broad SMARTS) is 1. The maximum Gasteiger partial charge on any atom is 0.506 e. The Hall–Kier alpha value is -0.440.